The van der Waals surface area contributed by atoms with Gasteiger partial charge in [-0.3, -0.25) is 20.2 Å². The van der Waals surface area contributed by atoms with E-state index in [0.29, 0.717) is 16.7 Å². The highest BCUT2D eigenvalue weighted by molar-refractivity contribution is 5.78. The third-order valence-electron chi connectivity index (χ3n) is 3.85. The zero-order valence-corrected chi connectivity index (χ0v) is 12.1. The highest BCUT2D eigenvalue weighted by atomic mass is 16.6. The average Bonchev–Trinajstić information content (AvgIpc) is 2.37. The normalized spacial score (nSPS) is 10.8. The summed E-state index contributed by atoms with van der Waals surface area (Å²) in [6.07, 6.45) is 1.55. The van der Waals surface area contributed by atoms with Crippen LogP contribution in [0, 0.1) is 34.1 Å². The Labute approximate surface area is 117 Å². The SMILES string of the molecule is CCC(CC)c1c(C)c(C)c([N+](=O)[O-])c([N+](=O)[O-])c1N. The molecule has 0 fully saturated rings. The summed E-state index contributed by atoms with van der Waals surface area (Å²) in [7, 11) is 0. The van der Waals surface area contributed by atoms with E-state index in [-0.39, 0.29) is 11.6 Å². The molecule has 1 aromatic carbocycles. The fourth-order valence-corrected chi connectivity index (χ4v) is 2.65. The molecular formula is C13H19N3O4. The van der Waals surface area contributed by atoms with Crippen molar-refractivity contribution in [3.63, 3.8) is 0 Å². The van der Waals surface area contributed by atoms with Gasteiger partial charge in [-0.1, -0.05) is 13.8 Å². The van der Waals surface area contributed by atoms with Gasteiger partial charge in [0.1, 0.15) is 5.69 Å². The van der Waals surface area contributed by atoms with Crippen molar-refractivity contribution >= 4 is 17.1 Å². The maximum atomic E-state index is 11.2. The summed E-state index contributed by atoms with van der Waals surface area (Å²) in [6.45, 7) is 7.20. The Morgan fingerprint density at radius 1 is 1.00 bits per heavy atom. The maximum Gasteiger partial charge on any atom is 0.369 e. The Morgan fingerprint density at radius 3 is 1.80 bits per heavy atom. The first kappa shape index (κ1) is 15.9. The molecule has 0 bridgehead atoms. The zero-order chi connectivity index (χ0) is 15.6. The molecule has 0 saturated carbocycles. The molecule has 0 aliphatic heterocycles. The van der Waals surface area contributed by atoms with Crippen LogP contribution in [0.5, 0.6) is 0 Å². The smallest absolute Gasteiger partial charge is 0.369 e. The molecule has 0 aromatic heterocycles. The molecule has 20 heavy (non-hydrogen) atoms. The van der Waals surface area contributed by atoms with Crippen molar-refractivity contribution in [3.05, 3.63) is 36.9 Å². The van der Waals surface area contributed by atoms with E-state index in [1.54, 1.807) is 6.92 Å². The van der Waals surface area contributed by atoms with E-state index >= 15 is 0 Å². The monoisotopic (exact) mass is 281 g/mol. The number of nitrogens with two attached hydrogens (primary N) is 1. The number of rotatable bonds is 5. The molecule has 0 saturated heterocycles. The van der Waals surface area contributed by atoms with Crippen LogP contribution in [0.1, 0.15) is 49.3 Å². The molecule has 2 N–H and O–H groups in total. The molecule has 110 valence electrons. The van der Waals surface area contributed by atoms with Gasteiger partial charge in [-0.25, -0.2) is 0 Å². The third kappa shape index (κ3) is 2.43. The number of nitrogens with zero attached hydrogens (tertiary/aromatic N) is 2. The molecule has 7 nitrogen and oxygen atoms in total. The van der Waals surface area contributed by atoms with Crippen LogP contribution in [0.2, 0.25) is 0 Å². The molecule has 0 radical (unpaired) electrons. The number of benzene rings is 1. The van der Waals surface area contributed by atoms with Gasteiger partial charge in [0.05, 0.1) is 9.85 Å². The second-order valence-corrected chi connectivity index (χ2v) is 4.80. The van der Waals surface area contributed by atoms with Crippen molar-refractivity contribution < 1.29 is 9.85 Å². The summed E-state index contributed by atoms with van der Waals surface area (Å²) >= 11 is 0. The Balaban J connectivity index is 3.83. The largest absolute Gasteiger partial charge is 0.393 e. The van der Waals surface area contributed by atoms with E-state index in [2.05, 4.69) is 0 Å². The van der Waals surface area contributed by atoms with Crippen molar-refractivity contribution in [1.82, 2.24) is 0 Å². The van der Waals surface area contributed by atoms with Crippen molar-refractivity contribution in [2.45, 2.75) is 46.5 Å². The minimum Gasteiger partial charge on any atom is -0.393 e. The number of nitro benzene ring substituents is 2. The van der Waals surface area contributed by atoms with Gasteiger partial charge in [-0.15, -0.1) is 0 Å². The van der Waals surface area contributed by atoms with Crippen LogP contribution >= 0.6 is 0 Å². The lowest BCUT2D eigenvalue weighted by Crippen LogP contribution is -2.11. The van der Waals surface area contributed by atoms with Crippen molar-refractivity contribution in [2.24, 2.45) is 0 Å². The van der Waals surface area contributed by atoms with Crippen LogP contribution < -0.4 is 5.73 Å². The van der Waals surface area contributed by atoms with Crippen LogP contribution in [0.25, 0.3) is 0 Å². The summed E-state index contributed by atoms with van der Waals surface area (Å²) in [5, 5.41) is 22.3. The Bertz CT molecular complexity index is 565. The Morgan fingerprint density at radius 2 is 1.45 bits per heavy atom. The molecular weight excluding hydrogens is 262 g/mol. The summed E-state index contributed by atoms with van der Waals surface area (Å²) < 4.78 is 0. The molecule has 1 aromatic rings. The second kappa shape index (κ2) is 5.85. The van der Waals surface area contributed by atoms with E-state index in [9.17, 15) is 20.2 Å². The Hall–Kier alpha value is -2.18. The lowest BCUT2D eigenvalue weighted by Gasteiger charge is -2.19. The summed E-state index contributed by atoms with van der Waals surface area (Å²) in [5.41, 5.74) is 6.41. The first-order valence-electron chi connectivity index (χ1n) is 6.49. The van der Waals surface area contributed by atoms with Crippen LogP contribution in [-0.2, 0) is 0 Å². The highest BCUT2D eigenvalue weighted by Crippen LogP contribution is 2.44. The lowest BCUT2D eigenvalue weighted by molar-refractivity contribution is -0.422. The predicted molar refractivity (Wildman–Crippen MR) is 77.0 cm³/mol. The minimum atomic E-state index is -0.758. The number of anilines is 1. The maximum absolute atomic E-state index is 11.2. The zero-order valence-electron chi connectivity index (χ0n) is 12.1. The van der Waals surface area contributed by atoms with Gasteiger partial charge < -0.3 is 5.73 Å². The standard InChI is InChI=1S/C13H19N3O4/c1-5-9(6-2)10-7(3)8(4)12(15(17)18)13(11(10)14)16(19)20/h9H,5-6,14H2,1-4H3. The molecule has 0 unspecified atom stereocenters. The van der Waals surface area contributed by atoms with Gasteiger partial charge in [0, 0.05) is 5.56 Å². The van der Waals surface area contributed by atoms with Gasteiger partial charge in [-0.2, -0.15) is 0 Å². The minimum absolute atomic E-state index is 0.0632. The fourth-order valence-electron chi connectivity index (χ4n) is 2.65. The molecule has 0 heterocycles. The van der Waals surface area contributed by atoms with Crippen LogP contribution in [-0.4, -0.2) is 9.85 Å². The summed E-state index contributed by atoms with van der Waals surface area (Å²) in [6, 6.07) is 0. The lowest BCUT2D eigenvalue weighted by atomic mass is 9.86. The van der Waals surface area contributed by atoms with Crippen molar-refractivity contribution in [3.8, 4) is 0 Å². The van der Waals surface area contributed by atoms with E-state index < -0.39 is 21.2 Å². The number of hydrogen-bond donors (Lipinski definition) is 1. The van der Waals surface area contributed by atoms with E-state index in [4.69, 9.17) is 5.73 Å². The van der Waals surface area contributed by atoms with Gasteiger partial charge in [0.15, 0.2) is 0 Å². The predicted octanol–water partition coefficient (Wildman–Crippen LogP) is 3.61. The summed E-state index contributed by atoms with van der Waals surface area (Å²) in [4.78, 5) is 20.8. The fraction of sp³-hybridized carbons (Fsp3) is 0.538. The van der Waals surface area contributed by atoms with Gasteiger partial charge in [0.25, 0.3) is 0 Å². The third-order valence-corrected chi connectivity index (χ3v) is 3.85. The quantitative estimate of drug-likeness (QED) is 0.503. The molecule has 0 aliphatic carbocycles. The molecule has 0 atom stereocenters. The molecule has 7 heteroatoms. The van der Waals surface area contributed by atoms with Crippen molar-refractivity contribution in [1.29, 1.82) is 0 Å². The number of hydrogen-bond acceptors (Lipinski definition) is 5. The summed E-state index contributed by atoms with van der Waals surface area (Å²) in [5.74, 6) is 0.0632. The average molecular weight is 281 g/mol. The second-order valence-electron chi connectivity index (χ2n) is 4.80. The van der Waals surface area contributed by atoms with E-state index in [0.717, 1.165) is 12.8 Å². The van der Waals surface area contributed by atoms with Crippen LogP contribution in [0.4, 0.5) is 17.1 Å². The highest BCUT2D eigenvalue weighted by Gasteiger charge is 2.35. The number of nitrogen functional groups attached to an aromatic ring is 1. The van der Waals surface area contributed by atoms with Gasteiger partial charge >= 0.3 is 11.4 Å². The van der Waals surface area contributed by atoms with Gasteiger partial charge in [-0.05, 0) is 43.7 Å². The van der Waals surface area contributed by atoms with Crippen LogP contribution in [0.3, 0.4) is 0 Å². The molecule has 1 rings (SSSR count). The Kier molecular flexibility index (Phi) is 4.65. The van der Waals surface area contributed by atoms with Crippen LogP contribution in [0.15, 0.2) is 0 Å². The molecule has 0 amide bonds. The molecule has 0 aliphatic rings. The van der Waals surface area contributed by atoms with E-state index in [1.807, 2.05) is 13.8 Å². The first-order valence-corrected chi connectivity index (χ1v) is 6.49. The van der Waals surface area contributed by atoms with Gasteiger partial charge in [0.2, 0.25) is 0 Å². The number of nitro groups is 2. The topological polar surface area (TPSA) is 112 Å². The molecule has 0 spiro atoms. The first-order chi connectivity index (χ1) is 9.27. The van der Waals surface area contributed by atoms with Crippen molar-refractivity contribution in [2.75, 3.05) is 5.73 Å². The van der Waals surface area contributed by atoms with E-state index in [1.165, 1.54) is 6.92 Å².